The third-order valence-corrected chi connectivity index (χ3v) is 8.59. The molecular formula is C34H29F4N5O4. The second kappa shape index (κ2) is 11.9. The number of likely N-dealkylation sites (N-methyl/N-ethyl adjacent to an activating group) is 1. The number of hydrogen-bond acceptors (Lipinski definition) is 7. The number of halogens is 4. The zero-order chi connectivity index (χ0) is 32.9. The zero-order valence-corrected chi connectivity index (χ0v) is 25.3. The van der Waals surface area contributed by atoms with Crippen LogP contribution in [0.1, 0.15) is 16.7 Å². The molecule has 0 aliphatic carbocycles. The van der Waals surface area contributed by atoms with E-state index in [1.807, 2.05) is 42.9 Å². The van der Waals surface area contributed by atoms with Gasteiger partial charge in [-0.2, -0.15) is 22.5 Å². The maximum atomic E-state index is 15.3. The third-order valence-electron chi connectivity index (χ3n) is 8.59. The molecule has 0 N–H and O–H groups in total. The number of rotatable bonds is 9. The number of imidazole rings is 1. The molecule has 5 aromatic rings. The Morgan fingerprint density at radius 2 is 1.47 bits per heavy atom. The number of carbonyl (C=O) groups excluding carboxylic acids is 1. The number of pyridine rings is 1. The first-order valence-corrected chi connectivity index (χ1v) is 14.8. The van der Waals surface area contributed by atoms with Gasteiger partial charge in [0.05, 0.1) is 23.0 Å². The maximum absolute atomic E-state index is 15.3. The molecule has 4 heterocycles. The molecule has 2 aliphatic rings. The summed E-state index contributed by atoms with van der Waals surface area (Å²) in [5.74, 6) is 0.146. The van der Waals surface area contributed by atoms with Gasteiger partial charge in [-0.1, -0.05) is 18.2 Å². The van der Waals surface area contributed by atoms with Crippen LogP contribution in [0.4, 0.5) is 29.1 Å². The molecular weight excluding hydrogens is 618 g/mol. The predicted octanol–water partition coefficient (Wildman–Crippen LogP) is 6.07. The highest BCUT2D eigenvalue weighted by Crippen LogP contribution is 2.48. The van der Waals surface area contributed by atoms with Gasteiger partial charge in [0.1, 0.15) is 28.8 Å². The summed E-state index contributed by atoms with van der Waals surface area (Å²) in [6, 6.07) is 20.9. The highest BCUT2D eigenvalue weighted by Gasteiger charge is 2.50. The molecule has 47 heavy (non-hydrogen) atoms. The summed E-state index contributed by atoms with van der Waals surface area (Å²) in [6.45, 7) is -4.56. The molecule has 242 valence electrons. The van der Waals surface area contributed by atoms with Crippen LogP contribution in [0, 0.1) is 0 Å². The molecule has 2 aromatic heterocycles. The third kappa shape index (κ3) is 5.60. The highest BCUT2D eigenvalue weighted by molar-refractivity contribution is 6.11. The first-order valence-electron chi connectivity index (χ1n) is 14.8. The van der Waals surface area contributed by atoms with Crippen LogP contribution < -0.4 is 19.1 Å². The Bertz CT molecular complexity index is 1930. The van der Waals surface area contributed by atoms with Crippen LogP contribution in [0.25, 0.3) is 11.0 Å². The predicted molar refractivity (Wildman–Crippen MR) is 165 cm³/mol. The van der Waals surface area contributed by atoms with Gasteiger partial charge in [-0.05, 0) is 84.8 Å². The average Bonchev–Trinajstić information content (AvgIpc) is 3.40. The minimum atomic E-state index is -3.02. The average molecular weight is 648 g/mol. The quantitative estimate of drug-likeness (QED) is 0.180. The van der Waals surface area contributed by atoms with Crippen molar-refractivity contribution in [2.45, 2.75) is 31.2 Å². The topological polar surface area (TPSA) is 81.9 Å². The van der Waals surface area contributed by atoms with E-state index in [0.717, 1.165) is 24.1 Å². The molecule has 1 amide bonds. The van der Waals surface area contributed by atoms with Crippen molar-refractivity contribution in [3.63, 3.8) is 0 Å². The van der Waals surface area contributed by atoms with E-state index < -0.39 is 24.5 Å². The van der Waals surface area contributed by atoms with Gasteiger partial charge in [0.15, 0.2) is 0 Å². The van der Waals surface area contributed by atoms with Gasteiger partial charge in [-0.25, -0.2) is 4.98 Å². The molecule has 7 rings (SSSR count). The lowest BCUT2D eigenvalue weighted by Crippen LogP contribution is -2.52. The Morgan fingerprint density at radius 1 is 0.830 bits per heavy atom. The van der Waals surface area contributed by atoms with Crippen molar-refractivity contribution in [2.24, 2.45) is 7.05 Å². The summed E-state index contributed by atoms with van der Waals surface area (Å²) in [5.41, 5.74) is 2.35. The van der Waals surface area contributed by atoms with E-state index in [1.54, 1.807) is 24.5 Å². The number of carbonyl (C=O) groups is 1. The second-order valence-corrected chi connectivity index (χ2v) is 11.7. The number of aryl methyl sites for hydroxylation is 1. The summed E-state index contributed by atoms with van der Waals surface area (Å²) < 4.78 is 69.1. The van der Waals surface area contributed by atoms with Gasteiger partial charge in [-0.3, -0.25) is 14.6 Å². The number of hydrogen-bond donors (Lipinski definition) is 0. The Kier molecular flexibility index (Phi) is 7.71. The van der Waals surface area contributed by atoms with Crippen molar-refractivity contribution >= 4 is 28.4 Å². The smallest absolute Gasteiger partial charge is 0.387 e. The number of amides is 1. The number of anilines is 2. The van der Waals surface area contributed by atoms with Crippen molar-refractivity contribution in [1.29, 1.82) is 0 Å². The Balaban J connectivity index is 1.41. The molecule has 0 radical (unpaired) electrons. The van der Waals surface area contributed by atoms with E-state index in [0.29, 0.717) is 34.1 Å². The fraction of sp³-hybridized carbons (Fsp3) is 0.265. The van der Waals surface area contributed by atoms with Crippen molar-refractivity contribution in [2.75, 3.05) is 25.0 Å². The number of benzene rings is 3. The molecule has 2 aliphatic heterocycles. The van der Waals surface area contributed by atoms with Gasteiger partial charge in [0, 0.05) is 26.2 Å². The number of ether oxygens (including phenoxy) is 3. The van der Waals surface area contributed by atoms with E-state index >= 15 is 4.79 Å². The van der Waals surface area contributed by atoms with Crippen molar-refractivity contribution < 1.29 is 36.6 Å². The standard InChI is InChI=1S/C34H29F4N5O4/c1-41-17-26(18-41)45-29-14-3-20-16-34(21-4-9-24(10-5-21)46-32(35)36,22-6-13-27-28(15-22)42(2)19-39-27)31(44)43(30(20)40-29)23-7-11-25(12-8-23)47-33(37)38/h3-15,19,26,32-33H,16-18H2,1-2H3. The van der Waals surface area contributed by atoms with E-state index in [4.69, 9.17) is 9.72 Å². The van der Waals surface area contributed by atoms with E-state index in [9.17, 15) is 17.6 Å². The summed E-state index contributed by atoms with van der Waals surface area (Å²) in [6.07, 6.45) is 1.79. The van der Waals surface area contributed by atoms with E-state index in [2.05, 4.69) is 19.4 Å². The molecule has 13 heteroatoms. The molecule has 1 atom stereocenters. The SMILES string of the molecule is CN1CC(Oc2ccc3c(n2)N(c2ccc(OC(F)F)cc2)C(=O)C(c2ccc(OC(F)F)cc2)(c2ccc4ncn(C)c4c2)C3)C1. The van der Waals surface area contributed by atoms with Crippen LogP contribution >= 0.6 is 0 Å². The lowest BCUT2D eigenvalue weighted by Gasteiger charge is -2.43. The number of nitrogens with zero attached hydrogens (tertiary/aromatic N) is 5. The maximum Gasteiger partial charge on any atom is 0.387 e. The lowest BCUT2D eigenvalue weighted by molar-refractivity contribution is -0.122. The molecule has 1 unspecified atom stereocenters. The first-order chi connectivity index (χ1) is 22.6. The molecule has 0 saturated carbocycles. The molecule has 0 spiro atoms. The highest BCUT2D eigenvalue weighted by atomic mass is 19.3. The summed E-state index contributed by atoms with van der Waals surface area (Å²) in [4.78, 5) is 28.0. The molecule has 9 nitrogen and oxygen atoms in total. The summed E-state index contributed by atoms with van der Waals surface area (Å²) >= 11 is 0. The minimum absolute atomic E-state index is 0.0530. The Hall–Kier alpha value is -5.17. The zero-order valence-electron chi connectivity index (χ0n) is 25.3. The first kappa shape index (κ1) is 30.5. The number of fused-ring (bicyclic) bond motifs is 2. The van der Waals surface area contributed by atoms with Gasteiger partial charge in [0.25, 0.3) is 0 Å². The van der Waals surface area contributed by atoms with Crippen LogP contribution in [-0.2, 0) is 23.7 Å². The lowest BCUT2D eigenvalue weighted by atomic mass is 9.67. The van der Waals surface area contributed by atoms with Crippen LogP contribution in [0.2, 0.25) is 0 Å². The molecule has 0 bridgehead atoms. The minimum Gasteiger partial charge on any atom is -0.472 e. The van der Waals surface area contributed by atoms with Crippen LogP contribution in [0.15, 0.2) is 85.2 Å². The van der Waals surface area contributed by atoms with Crippen LogP contribution in [0.3, 0.4) is 0 Å². The van der Waals surface area contributed by atoms with Crippen molar-refractivity contribution in [3.05, 3.63) is 102 Å². The Morgan fingerprint density at radius 3 is 2.11 bits per heavy atom. The summed E-state index contributed by atoms with van der Waals surface area (Å²) in [5, 5.41) is 0. The van der Waals surface area contributed by atoms with Gasteiger partial charge >= 0.3 is 13.2 Å². The van der Waals surface area contributed by atoms with E-state index in [-0.39, 0.29) is 24.0 Å². The van der Waals surface area contributed by atoms with Gasteiger partial charge in [-0.15, -0.1) is 0 Å². The molecule has 1 fully saturated rings. The monoisotopic (exact) mass is 647 g/mol. The van der Waals surface area contributed by atoms with Gasteiger partial charge < -0.3 is 18.8 Å². The van der Waals surface area contributed by atoms with Crippen molar-refractivity contribution in [3.8, 4) is 17.4 Å². The van der Waals surface area contributed by atoms with Crippen molar-refractivity contribution in [1.82, 2.24) is 19.4 Å². The van der Waals surface area contributed by atoms with Crippen LogP contribution in [0.5, 0.6) is 17.4 Å². The fourth-order valence-electron chi connectivity index (χ4n) is 6.34. The normalized spacial score (nSPS) is 18.5. The van der Waals surface area contributed by atoms with E-state index in [1.165, 1.54) is 41.3 Å². The largest absolute Gasteiger partial charge is 0.472 e. The number of aromatic nitrogens is 3. The molecule has 3 aromatic carbocycles. The number of likely N-dealkylation sites (tertiary alicyclic amines) is 1. The fourth-order valence-corrected chi connectivity index (χ4v) is 6.34. The van der Waals surface area contributed by atoms with Crippen LogP contribution in [-0.4, -0.2) is 64.8 Å². The second-order valence-electron chi connectivity index (χ2n) is 11.7. The molecule has 1 saturated heterocycles. The Labute approximate surface area is 266 Å². The van der Waals surface area contributed by atoms with Gasteiger partial charge in [0.2, 0.25) is 11.8 Å². The summed E-state index contributed by atoms with van der Waals surface area (Å²) in [7, 11) is 3.83. The number of alkyl halides is 4.